The van der Waals surface area contributed by atoms with Crippen LogP contribution < -0.4 is 14.8 Å². The highest BCUT2D eigenvalue weighted by Gasteiger charge is 2.13. The van der Waals surface area contributed by atoms with E-state index in [9.17, 15) is 4.79 Å². The molecule has 1 amide bonds. The molecule has 0 aliphatic rings. The summed E-state index contributed by atoms with van der Waals surface area (Å²) in [5, 5.41) is 4.17. The summed E-state index contributed by atoms with van der Waals surface area (Å²) >= 11 is 5.96. The number of fused-ring (bicyclic) bond motifs is 1. The molecule has 5 nitrogen and oxygen atoms in total. The number of halogens is 1. The van der Waals surface area contributed by atoms with E-state index in [1.165, 1.54) is 0 Å². The van der Waals surface area contributed by atoms with E-state index in [4.69, 9.17) is 25.5 Å². The molecule has 0 spiro atoms. The van der Waals surface area contributed by atoms with Crippen LogP contribution in [0.4, 0.5) is 5.69 Å². The largest absolute Gasteiger partial charge is 0.497 e. The van der Waals surface area contributed by atoms with Gasteiger partial charge in [0.1, 0.15) is 22.8 Å². The van der Waals surface area contributed by atoms with E-state index in [2.05, 4.69) is 5.32 Å². The fraction of sp³-hybridized carbons (Fsp3) is 0.0455. The molecule has 140 valence electrons. The highest BCUT2D eigenvalue weighted by atomic mass is 35.5. The molecule has 1 aromatic heterocycles. The summed E-state index contributed by atoms with van der Waals surface area (Å²) in [7, 11) is 1.61. The molecule has 0 saturated carbocycles. The molecule has 0 radical (unpaired) electrons. The molecule has 0 saturated heterocycles. The van der Waals surface area contributed by atoms with Crippen LogP contribution in [0.5, 0.6) is 17.2 Å². The summed E-state index contributed by atoms with van der Waals surface area (Å²) in [4.78, 5) is 12.4. The number of ether oxygens (including phenoxy) is 2. The molecule has 0 aliphatic carbocycles. The number of benzene rings is 3. The maximum atomic E-state index is 12.4. The smallest absolute Gasteiger partial charge is 0.291 e. The average molecular weight is 394 g/mol. The number of carbonyl (C=O) groups is 1. The minimum Gasteiger partial charge on any atom is -0.497 e. The minimum absolute atomic E-state index is 0.218. The molecule has 4 aromatic rings. The van der Waals surface area contributed by atoms with Crippen LogP contribution in [-0.4, -0.2) is 13.0 Å². The van der Waals surface area contributed by atoms with Crippen LogP contribution in [0, 0.1) is 0 Å². The first-order valence-corrected chi connectivity index (χ1v) is 8.91. The lowest BCUT2D eigenvalue weighted by molar-refractivity contribution is 0.0998. The Kier molecular flexibility index (Phi) is 4.91. The van der Waals surface area contributed by atoms with Crippen molar-refractivity contribution in [3.8, 4) is 17.2 Å². The van der Waals surface area contributed by atoms with Gasteiger partial charge >= 0.3 is 0 Å². The van der Waals surface area contributed by atoms with Crippen molar-refractivity contribution in [1.82, 2.24) is 0 Å². The standard InChI is InChI=1S/C22H16ClNO4/c1-26-17-7-9-19(10-8-17)27-18-5-3-16(4-6-18)24-22(25)21-13-14-12-15(23)2-11-20(14)28-21/h2-13H,1H3,(H,24,25). The second-order valence-corrected chi connectivity index (χ2v) is 6.49. The molecule has 6 heteroatoms. The van der Waals surface area contributed by atoms with Crippen LogP contribution in [0.2, 0.25) is 5.02 Å². The van der Waals surface area contributed by atoms with Crippen molar-refractivity contribution in [3.63, 3.8) is 0 Å². The Morgan fingerprint density at radius 1 is 0.893 bits per heavy atom. The number of hydrogen-bond acceptors (Lipinski definition) is 4. The van der Waals surface area contributed by atoms with E-state index in [0.29, 0.717) is 27.8 Å². The van der Waals surface area contributed by atoms with Gasteiger partial charge in [-0.15, -0.1) is 0 Å². The Labute approximate surface area is 166 Å². The summed E-state index contributed by atoms with van der Waals surface area (Å²) in [5.41, 5.74) is 1.24. The maximum Gasteiger partial charge on any atom is 0.291 e. The van der Waals surface area contributed by atoms with Gasteiger partial charge in [0.25, 0.3) is 5.91 Å². The molecular formula is C22H16ClNO4. The van der Waals surface area contributed by atoms with Crippen LogP contribution in [0.15, 0.2) is 77.2 Å². The average Bonchev–Trinajstić information content (AvgIpc) is 3.13. The van der Waals surface area contributed by atoms with E-state index in [1.54, 1.807) is 55.6 Å². The minimum atomic E-state index is -0.337. The van der Waals surface area contributed by atoms with E-state index in [-0.39, 0.29) is 11.7 Å². The normalized spacial score (nSPS) is 10.6. The van der Waals surface area contributed by atoms with Gasteiger partial charge in [0.2, 0.25) is 0 Å². The number of methoxy groups -OCH3 is 1. The molecule has 4 rings (SSSR count). The zero-order valence-corrected chi connectivity index (χ0v) is 15.7. The number of nitrogens with one attached hydrogen (secondary N) is 1. The van der Waals surface area contributed by atoms with Gasteiger partial charge in [0.05, 0.1) is 7.11 Å². The van der Waals surface area contributed by atoms with Crippen molar-refractivity contribution in [2.24, 2.45) is 0 Å². The third-order valence-electron chi connectivity index (χ3n) is 4.11. The molecule has 0 atom stereocenters. The van der Waals surface area contributed by atoms with Crippen LogP contribution in [-0.2, 0) is 0 Å². The number of anilines is 1. The Hall–Kier alpha value is -3.44. The lowest BCUT2D eigenvalue weighted by atomic mass is 10.2. The van der Waals surface area contributed by atoms with Gasteiger partial charge in [0, 0.05) is 16.1 Å². The Bertz CT molecular complexity index is 1120. The Morgan fingerprint density at radius 3 is 2.21 bits per heavy atom. The third-order valence-corrected chi connectivity index (χ3v) is 4.34. The zero-order chi connectivity index (χ0) is 19.5. The van der Waals surface area contributed by atoms with E-state index >= 15 is 0 Å². The third kappa shape index (κ3) is 3.94. The molecular weight excluding hydrogens is 378 g/mol. The number of rotatable bonds is 5. The summed E-state index contributed by atoms with van der Waals surface area (Å²) < 4.78 is 16.5. The fourth-order valence-electron chi connectivity index (χ4n) is 2.70. The number of furan rings is 1. The van der Waals surface area contributed by atoms with Gasteiger partial charge in [-0.25, -0.2) is 0 Å². The van der Waals surface area contributed by atoms with Gasteiger partial charge in [0.15, 0.2) is 5.76 Å². The molecule has 0 aliphatic heterocycles. The molecule has 0 unspecified atom stereocenters. The van der Waals surface area contributed by atoms with Gasteiger partial charge in [-0.3, -0.25) is 4.79 Å². The molecule has 1 N–H and O–H groups in total. The van der Waals surface area contributed by atoms with Gasteiger partial charge in [-0.2, -0.15) is 0 Å². The predicted molar refractivity (Wildman–Crippen MR) is 109 cm³/mol. The van der Waals surface area contributed by atoms with E-state index < -0.39 is 0 Å². The molecule has 0 bridgehead atoms. The second kappa shape index (κ2) is 7.66. The van der Waals surface area contributed by atoms with Crippen molar-refractivity contribution >= 4 is 34.2 Å². The van der Waals surface area contributed by atoms with E-state index in [0.717, 1.165) is 11.1 Å². The first kappa shape index (κ1) is 17.9. The van der Waals surface area contributed by atoms with Crippen LogP contribution in [0.1, 0.15) is 10.6 Å². The van der Waals surface area contributed by atoms with Crippen molar-refractivity contribution in [2.45, 2.75) is 0 Å². The topological polar surface area (TPSA) is 60.7 Å². The summed E-state index contributed by atoms with van der Waals surface area (Å²) in [6.45, 7) is 0. The summed E-state index contributed by atoms with van der Waals surface area (Å²) in [5.74, 6) is 1.99. The molecule has 0 fully saturated rings. The maximum absolute atomic E-state index is 12.4. The first-order chi connectivity index (χ1) is 13.6. The zero-order valence-electron chi connectivity index (χ0n) is 14.9. The molecule has 1 heterocycles. The SMILES string of the molecule is COc1ccc(Oc2ccc(NC(=O)c3cc4cc(Cl)ccc4o3)cc2)cc1. The summed E-state index contributed by atoms with van der Waals surface area (Å²) in [6.07, 6.45) is 0. The Balaban J connectivity index is 1.43. The lowest BCUT2D eigenvalue weighted by Gasteiger charge is -2.08. The predicted octanol–water partition coefficient (Wildman–Crippen LogP) is 6.14. The van der Waals surface area contributed by atoms with Crippen molar-refractivity contribution in [2.75, 3.05) is 12.4 Å². The Morgan fingerprint density at radius 2 is 1.54 bits per heavy atom. The quantitative estimate of drug-likeness (QED) is 0.442. The second-order valence-electron chi connectivity index (χ2n) is 6.05. The van der Waals surface area contributed by atoms with Gasteiger partial charge < -0.3 is 19.2 Å². The van der Waals surface area contributed by atoms with E-state index in [1.807, 2.05) is 24.3 Å². The fourth-order valence-corrected chi connectivity index (χ4v) is 2.89. The molecule has 3 aromatic carbocycles. The van der Waals surface area contributed by atoms with Gasteiger partial charge in [-0.1, -0.05) is 11.6 Å². The monoisotopic (exact) mass is 393 g/mol. The van der Waals surface area contributed by atoms with Crippen LogP contribution >= 0.6 is 11.6 Å². The number of amides is 1. The first-order valence-electron chi connectivity index (χ1n) is 8.53. The number of carbonyl (C=O) groups excluding carboxylic acids is 1. The highest BCUT2D eigenvalue weighted by molar-refractivity contribution is 6.31. The van der Waals surface area contributed by atoms with Crippen LogP contribution in [0.3, 0.4) is 0 Å². The summed E-state index contributed by atoms with van der Waals surface area (Å²) in [6, 6.07) is 21.2. The van der Waals surface area contributed by atoms with Crippen molar-refractivity contribution in [1.29, 1.82) is 0 Å². The molecule has 28 heavy (non-hydrogen) atoms. The number of hydrogen-bond donors (Lipinski definition) is 1. The van der Waals surface area contributed by atoms with Gasteiger partial charge in [-0.05, 0) is 72.8 Å². The van der Waals surface area contributed by atoms with Crippen molar-refractivity contribution in [3.05, 3.63) is 83.6 Å². The van der Waals surface area contributed by atoms with Crippen LogP contribution in [0.25, 0.3) is 11.0 Å². The van der Waals surface area contributed by atoms with Crippen molar-refractivity contribution < 1.29 is 18.7 Å². The highest BCUT2D eigenvalue weighted by Crippen LogP contribution is 2.26. The lowest BCUT2D eigenvalue weighted by Crippen LogP contribution is -2.10.